The molecule has 1 N–H and O–H groups in total. The van der Waals surface area contributed by atoms with Crippen molar-refractivity contribution in [3.63, 3.8) is 0 Å². The number of furan rings is 1. The zero-order chi connectivity index (χ0) is 16.1. The van der Waals surface area contributed by atoms with Gasteiger partial charge < -0.3 is 19.2 Å². The van der Waals surface area contributed by atoms with Gasteiger partial charge in [-0.1, -0.05) is 12.1 Å². The third-order valence-electron chi connectivity index (χ3n) is 4.38. The maximum Gasteiger partial charge on any atom is 0.176 e. The molecule has 23 heavy (non-hydrogen) atoms. The summed E-state index contributed by atoms with van der Waals surface area (Å²) in [6, 6.07) is 8.25. The van der Waals surface area contributed by atoms with Crippen LogP contribution in [0.3, 0.4) is 0 Å². The molecule has 1 aromatic heterocycles. The quantitative estimate of drug-likeness (QED) is 0.796. The fourth-order valence-electron chi connectivity index (χ4n) is 2.98. The summed E-state index contributed by atoms with van der Waals surface area (Å²) in [6.07, 6.45) is 1.13. The van der Waals surface area contributed by atoms with E-state index in [1.54, 1.807) is 7.11 Å². The van der Waals surface area contributed by atoms with Gasteiger partial charge in [0.15, 0.2) is 11.3 Å². The second-order valence-electron chi connectivity index (χ2n) is 6.01. The number of para-hydroxylation sites is 1. The van der Waals surface area contributed by atoms with Gasteiger partial charge in [-0.05, 0) is 38.6 Å². The average Bonchev–Trinajstić information content (AvgIpc) is 3.03. The minimum absolute atomic E-state index is 0.191. The first-order chi connectivity index (χ1) is 11.3. The highest BCUT2D eigenvalue weighted by Gasteiger charge is 2.14. The summed E-state index contributed by atoms with van der Waals surface area (Å²) in [5, 5.41) is 4.63. The van der Waals surface area contributed by atoms with E-state index in [1.807, 2.05) is 12.1 Å². The highest BCUT2D eigenvalue weighted by molar-refractivity contribution is 5.83. The van der Waals surface area contributed by atoms with E-state index < -0.39 is 0 Å². The first-order valence-electron chi connectivity index (χ1n) is 8.38. The van der Waals surface area contributed by atoms with E-state index in [9.17, 15) is 0 Å². The second kappa shape index (κ2) is 7.81. The van der Waals surface area contributed by atoms with Crippen LogP contribution in [0.4, 0.5) is 0 Å². The van der Waals surface area contributed by atoms with Crippen molar-refractivity contribution in [3.8, 4) is 5.75 Å². The Morgan fingerprint density at radius 1 is 1.30 bits per heavy atom. The molecular formula is C18H26N2O3. The Morgan fingerprint density at radius 3 is 2.91 bits per heavy atom. The molecule has 2 aromatic rings. The number of fused-ring (bicyclic) bond motifs is 1. The number of morpholine rings is 1. The summed E-state index contributed by atoms with van der Waals surface area (Å²) in [5.74, 6) is 1.74. The standard InChI is InChI=1S/C18H26N2O3/c1-14(19-7-4-8-20-9-11-22-12-10-20)17-13-15-5-3-6-16(21-2)18(15)23-17/h3,5-6,13-14,19H,4,7-12H2,1-2H3. The van der Waals surface area contributed by atoms with E-state index in [-0.39, 0.29) is 6.04 Å². The zero-order valence-corrected chi connectivity index (χ0v) is 14.0. The molecule has 1 aliphatic rings. The average molecular weight is 318 g/mol. The van der Waals surface area contributed by atoms with Crippen LogP contribution in [0, 0.1) is 0 Å². The molecule has 1 saturated heterocycles. The van der Waals surface area contributed by atoms with Crippen molar-refractivity contribution in [2.75, 3.05) is 46.5 Å². The van der Waals surface area contributed by atoms with Crippen LogP contribution in [0.2, 0.25) is 0 Å². The smallest absolute Gasteiger partial charge is 0.176 e. The van der Waals surface area contributed by atoms with Crippen LogP contribution in [0.25, 0.3) is 11.0 Å². The number of methoxy groups -OCH3 is 1. The normalized spacial score (nSPS) is 17.5. The van der Waals surface area contributed by atoms with Gasteiger partial charge in [-0.25, -0.2) is 0 Å². The Hall–Kier alpha value is -1.56. The summed E-state index contributed by atoms with van der Waals surface area (Å²) < 4.78 is 16.7. The third kappa shape index (κ3) is 4.05. The van der Waals surface area contributed by atoms with Crippen molar-refractivity contribution in [2.24, 2.45) is 0 Å². The molecule has 126 valence electrons. The van der Waals surface area contributed by atoms with Gasteiger partial charge in [0.1, 0.15) is 5.76 Å². The molecule has 1 fully saturated rings. The molecule has 0 saturated carbocycles. The number of rotatable bonds is 7. The predicted molar refractivity (Wildman–Crippen MR) is 91.1 cm³/mol. The zero-order valence-electron chi connectivity index (χ0n) is 14.0. The molecule has 1 atom stereocenters. The van der Waals surface area contributed by atoms with E-state index >= 15 is 0 Å². The van der Waals surface area contributed by atoms with Crippen LogP contribution in [0.1, 0.15) is 25.1 Å². The summed E-state index contributed by atoms with van der Waals surface area (Å²) in [6.45, 7) is 8.08. The minimum atomic E-state index is 0.191. The van der Waals surface area contributed by atoms with Crippen LogP contribution in [0.15, 0.2) is 28.7 Å². The van der Waals surface area contributed by atoms with Gasteiger partial charge in [0.2, 0.25) is 0 Å². The first kappa shape index (κ1) is 16.3. The Labute approximate surface area is 137 Å². The highest BCUT2D eigenvalue weighted by atomic mass is 16.5. The number of ether oxygens (including phenoxy) is 2. The number of hydrogen-bond acceptors (Lipinski definition) is 5. The van der Waals surface area contributed by atoms with Gasteiger partial charge >= 0.3 is 0 Å². The van der Waals surface area contributed by atoms with Gasteiger partial charge in [-0.2, -0.15) is 0 Å². The van der Waals surface area contributed by atoms with Gasteiger partial charge in [-0.3, -0.25) is 4.90 Å². The van der Waals surface area contributed by atoms with E-state index in [0.717, 1.165) is 68.3 Å². The second-order valence-corrected chi connectivity index (χ2v) is 6.01. The molecule has 3 rings (SSSR count). The molecule has 5 nitrogen and oxygen atoms in total. The summed E-state index contributed by atoms with van der Waals surface area (Å²) in [7, 11) is 1.67. The van der Waals surface area contributed by atoms with E-state index in [4.69, 9.17) is 13.9 Å². The molecule has 0 amide bonds. The molecule has 0 aliphatic carbocycles. The van der Waals surface area contributed by atoms with E-state index in [2.05, 4.69) is 29.3 Å². The molecule has 0 spiro atoms. The SMILES string of the molecule is COc1cccc2cc(C(C)NCCCN3CCOCC3)oc12. The van der Waals surface area contributed by atoms with Crippen LogP contribution in [-0.4, -0.2) is 51.4 Å². The van der Waals surface area contributed by atoms with E-state index in [0.29, 0.717) is 0 Å². The van der Waals surface area contributed by atoms with Crippen molar-refractivity contribution in [2.45, 2.75) is 19.4 Å². The number of nitrogens with one attached hydrogen (secondary N) is 1. The number of hydrogen-bond donors (Lipinski definition) is 1. The topological polar surface area (TPSA) is 46.9 Å². The van der Waals surface area contributed by atoms with Crippen LogP contribution in [-0.2, 0) is 4.74 Å². The van der Waals surface area contributed by atoms with Crippen molar-refractivity contribution in [1.82, 2.24) is 10.2 Å². The van der Waals surface area contributed by atoms with Gasteiger partial charge in [0.05, 0.1) is 26.4 Å². The highest BCUT2D eigenvalue weighted by Crippen LogP contribution is 2.30. The third-order valence-corrected chi connectivity index (χ3v) is 4.38. The fourth-order valence-corrected chi connectivity index (χ4v) is 2.98. The van der Waals surface area contributed by atoms with Crippen LogP contribution in [0.5, 0.6) is 5.75 Å². The fraction of sp³-hybridized carbons (Fsp3) is 0.556. The molecule has 1 aromatic carbocycles. The van der Waals surface area contributed by atoms with Gasteiger partial charge in [0, 0.05) is 18.5 Å². The largest absolute Gasteiger partial charge is 0.493 e. The van der Waals surface area contributed by atoms with Crippen molar-refractivity contribution in [1.29, 1.82) is 0 Å². The first-order valence-corrected chi connectivity index (χ1v) is 8.38. The molecular weight excluding hydrogens is 292 g/mol. The Kier molecular flexibility index (Phi) is 5.54. The predicted octanol–water partition coefficient (Wildman–Crippen LogP) is 2.81. The van der Waals surface area contributed by atoms with Crippen LogP contribution < -0.4 is 10.1 Å². The lowest BCUT2D eigenvalue weighted by Gasteiger charge is -2.26. The molecule has 5 heteroatoms. The van der Waals surface area contributed by atoms with Crippen molar-refractivity contribution >= 4 is 11.0 Å². The van der Waals surface area contributed by atoms with Crippen LogP contribution >= 0.6 is 0 Å². The van der Waals surface area contributed by atoms with Crippen molar-refractivity contribution < 1.29 is 13.9 Å². The summed E-state index contributed by atoms with van der Waals surface area (Å²) in [5.41, 5.74) is 0.826. The summed E-state index contributed by atoms with van der Waals surface area (Å²) in [4.78, 5) is 2.46. The molecule has 1 unspecified atom stereocenters. The van der Waals surface area contributed by atoms with Gasteiger partial charge in [0.25, 0.3) is 0 Å². The summed E-state index contributed by atoms with van der Waals surface area (Å²) >= 11 is 0. The maximum absolute atomic E-state index is 5.98. The molecule has 0 bridgehead atoms. The molecule has 1 aliphatic heterocycles. The Bertz CT molecular complexity index is 620. The maximum atomic E-state index is 5.98. The van der Waals surface area contributed by atoms with Crippen molar-refractivity contribution in [3.05, 3.63) is 30.0 Å². The lowest BCUT2D eigenvalue weighted by Crippen LogP contribution is -2.37. The lowest BCUT2D eigenvalue weighted by molar-refractivity contribution is 0.0374. The molecule has 2 heterocycles. The Morgan fingerprint density at radius 2 is 2.13 bits per heavy atom. The lowest BCUT2D eigenvalue weighted by atomic mass is 10.2. The van der Waals surface area contributed by atoms with Gasteiger partial charge in [-0.15, -0.1) is 0 Å². The number of benzene rings is 1. The number of nitrogens with zero attached hydrogens (tertiary/aromatic N) is 1. The molecule has 0 radical (unpaired) electrons. The van der Waals surface area contributed by atoms with E-state index in [1.165, 1.54) is 0 Å². The monoisotopic (exact) mass is 318 g/mol. The Balaban J connectivity index is 1.50. The minimum Gasteiger partial charge on any atom is -0.493 e.